The van der Waals surface area contributed by atoms with Crippen LogP contribution in [0.2, 0.25) is 0 Å². The summed E-state index contributed by atoms with van der Waals surface area (Å²) in [6, 6.07) is 9.81. The van der Waals surface area contributed by atoms with Crippen molar-refractivity contribution in [2.45, 2.75) is 25.6 Å². The van der Waals surface area contributed by atoms with Gasteiger partial charge in [0, 0.05) is 23.1 Å². The van der Waals surface area contributed by atoms with Gasteiger partial charge in [0.05, 0.1) is 37.1 Å². The molecule has 2 heterocycles. The van der Waals surface area contributed by atoms with E-state index >= 15 is 0 Å². The summed E-state index contributed by atoms with van der Waals surface area (Å²) in [5.74, 6) is 0.0361. The highest BCUT2D eigenvalue weighted by Gasteiger charge is 2.39. The highest BCUT2D eigenvalue weighted by Crippen LogP contribution is 2.44. The summed E-state index contributed by atoms with van der Waals surface area (Å²) < 4.78 is 10.6. The van der Waals surface area contributed by atoms with Gasteiger partial charge in [0.15, 0.2) is 0 Å². The van der Waals surface area contributed by atoms with Crippen molar-refractivity contribution in [1.82, 2.24) is 10.2 Å². The quantitative estimate of drug-likeness (QED) is 0.698. The van der Waals surface area contributed by atoms with Crippen LogP contribution in [-0.2, 0) is 9.53 Å². The van der Waals surface area contributed by atoms with Crippen LogP contribution in [0.1, 0.15) is 25.8 Å². The molecule has 0 saturated heterocycles. The van der Waals surface area contributed by atoms with Crippen LogP contribution in [0.25, 0.3) is 6.08 Å². The van der Waals surface area contributed by atoms with Gasteiger partial charge in [-0.05, 0) is 38.0 Å². The minimum Gasteiger partial charge on any atom is -0.493 e. The predicted molar refractivity (Wildman–Crippen MR) is 116 cm³/mol. The number of benzene rings is 1. The zero-order valence-corrected chi connectivity index (χ0v) is 17.9. The van der Waals surface area contributed by atoms with Crippen molar-refractivity contribution in [2.75, 3.05) is 26.3 Å². The number of hydrogen-bond donors (Lipinski definition) is 1. The molecule has 2 aliphatic rings. The number of rotatable bonds is 6. The second-order valence-electron chi connectivity index (χ2n) is 6.78. The van der Waals surface area contributed by atoms with E-state index in [0.29, 0.717) is 38.5 Å². The minimum atomic E-state index is -0.401. The van der Waals surface area contributed by atoms with Gasteiger partial charge < -0.3 is 19.7 Å². The first-order valence-corrected chi connectivity index (χ1v) is 10.9. The van der Waals surface area contributed by atoms with Crippen molar-refractivity contribution in [3.05, 3.63) is 46.4 Å². The fraction of sp³-hybridized carbons (Fsp3) is 0.409. The summed E-state index contributed by atoms with van der Waals surface area (Å²) >= 11 is 1.44. The van der Waals surface area contributed by atoms with Gasteiger partial charge in [0.2, 0.25) is 5.91 Å². The standard InChI is InChI=1S/C22H25N3O4S/c1-3-28-18-8-6-5-7-15(18)9-10-20(26)24-21-17(13-23)16-11-12-25(14-19(16)30-21)22(27)29-4-2/h5-10,17,21H,3-4,11-12,14H2,1-2H3,(H,24,26)/b10-9+. The zero-order valence-electron chi connectivity index (χ0n) is 17.1. The van der Waals surface area contributed by atoms with Gasteiger partial charge in [0.1, 0.15) is 5.75 Å². The summed E-state index contributed by atoms with van der Waals surface area (Å²) in [4.78, 5) is 27.1. The Balaban J connectivity index is 1.63. The molecular weight excluding hydrogens is 402 g/mol. The molecule has 2 amide bonds. The van der Waals surface area contributed by atoms with E-state index in [1.54, 1.807) is 17.9 Å². The Morgan fingerprint density at radius 3 is 2.87 bits per heavy atom. The molecule has 0 radical (unpaired) electrons. The number of nitriles is 1. The van der Waals surface area contributed by atoms with E-state index in [4.69, 9.17) is 9.47 Å². The molecule has 3 rings (SSSR count). The predicted octanol–water partition coefficient (Wildman–Crippen LogP) is 3.54. The van der Waals surface area contributed by atoms with Gasteiger partial charge in [-0.1, -0.05) is 18.2 Å². The van der Waals surface area contributed by atoms with E-state index in [1.807, 2.05) is 31.2 Å². The second-order valence-corrected chi connectivity index (χ2v) is 8.01. The molecule has 0 aliphatic carbocycles. The maximum absolute atomic E-state index is 12.5. The molecule has 0 bridgehead atoms. The summed E-state index contributed by atoms with van der Waals surface area (Å²) in [5.41, 5.74) is 1.83. The van der Waals surface area contributed by atoms with E-state index in [0.717, 1.165) is 16.0 Å². The van der Waals surface area contributed by atoms with E-state index < -0.39 is 5.92 Å². The maximum Gasteiger partial charge on any atom is 0.410 e. The van der Waals surface area contributed by atoms with E-state index in [-0.39, 0.29) is 17.4 Å². The highest BCUT2D eigenvalue weighted by molar-refractivity contribution is 8.04. The Labute approximate surface area is 180 Å². The van der Waals surface area contributed by atoms with Gasteiger partial charge in [-0.3, -0.25) is 4.79 Å². The summed E-state index contributed by atoms with van der Waals surface area (Å²) in [6.45, 7) is 5.48. The second kappa shape index (κ2) is 10.2. The Morgan fingerprint density at radius 1 is 1.33 bits per heavy atom. The Morgan fingerprint density at radius 2 is 2.13 bits per heavy atom. The lowest BCUT2D eigenvalue weighted by atomic mass is 9.94. The lowest BCUT2D eigenvalue weighted by Gasteiger charge is -2.27. The number of ether oxygens (including phenoxy) is 2. The molecule has 2 aliphatic heterocycles. The monoisotopic (exact) mass is 427 g/mol. The van der Waals surface area contributed by atoms with Crippen molar-refractivity contribution >= 4 is 29.8 Å². The molecule has 2 unspecified atom stereocenters. The fourth-order valence-corrected chi connectivity index (χ4v) is 4.94. The fourth-order valence-electron chi connectivity index (χ4n) is 3.48. The van der Waals surface area contributed by atoms with Gasteiger partial charge in [0.25, 0.3) is 0 Å². The molecule has 1 aromatic rings. The number of nitrogens with one attached hydrogen (secondary N) is 1. The number of hydrogen-bond acceptors (Lipinski definition) is 6. The van der Waals surface area contributed by atoms with E-state index in [2.05, 4.69) is 11.4 Å². The van der Waals surface area contributed by atoms with Gasteiger partial charge in [-0.15, -0.1) is 11.8 Å². The molecule has 0 saturated carbocycles. The summed E-state index contributed by atoms with van der Waals surface area (Å²) in [7, 11) is 0. The van der Waals surface area contributed by atoms with E-state index in [1.165, 1.54) is 17.8 Å². The molecule has 0 fully saturated rings. The molecule has 2 atom stereocenters. The Bertz CT molecular complexity index is 906. The Kier molecular flexibility index (Phi) is 7.41. The number of amides is 2. The van der Waals surface area contributed by atoms with Crippen molar-refractivity contribution < 1.29 is 19.1 Å². The minimum absolute atomic E-state index is 0.277. The molecule has 1 N–H and O–H groups in total. The van der Waals surface area contributed by atoms with Gasteiger partial charge in [-0.25, -0.2) is 4.79 Å². The van der Waals surface area contributed by atoms with Crippen LogP contribution in [0, 0.1) is 17.2 Å². The van der Waals surface area contributed by atoms with Crippen LogP contribution in [-0.4, -0.2) is 48.6 Å². The number of para-hydroxylation sites is 1. The number of nitrogens with zero attached hydrogens (tertiary/aromatic N) is 2. The molecule has 158 valence electrons. The third-order valence-corrected chi connectivity index (χ3v) is 6.19. The molecule has 7 nitrogen and oxygen atoms in total. The van der Waals surface area contributed by atoms with Crippen molar-refractivity contribution in [1.29, 1.82) is 5.26 Å². The van der Waals surface area contributed by atoms with Crippen molar-refractivity contribution in [2.24, 2.45) is 5.92 Å². The number of carbonyl (C=O) groups excluding carboxylic acids is 2. The van der Waals surface area contributed by atoms with Crippen LogP contribution < -0.4 is 10.1 Å². The first-order chi connectivity index (χ1) is 14.6. The topological polar surface area (TPSA) is 91.7 Å². The van der Waals surface area contributed by atoms with Crippen LogP contribution in [0.3, 0.4) is 0 Å². The SMILES string of the molecule is CCOC(=O)N1CCC2=C(C1)SC(NC(=O)/C=C/c1ccccc1OCC)C2C#N. The van der Waals surface area contributed by atoms with Gasteiger partial charge >= 0.3 is 6.09 Å². The smallest absolute Gasteiger partial charge is 0.410 e. The molecule has 0 aromatic heterocycles. The van der Waals surface area contributed by atoms with Crippen LogP contribution in [0.5, 0.6) is 5.75 Å². The average Bonchev–Trinajstić information content (AvgIpc) is 3.09. The zero-order chi connectivity index (χ0) is 21.5. The third-order valence-electron chi connectivity index (χ3n) is 4.87. The summed E-state index contributed by atoms with van der Waals surface area (Å²) in [6.07, 6.45) is 3.43. The van der Waals surface area contributed by atoms with Crippen LogP contribution in [0.4, 0.5) is 4.79 Å². The van der Waals surface area contributed by atoms with Gasteiger partial charge in [-0.2, -0.15) is 5.26 Å². The van der Waals surface area contributed by atoms with E-state index in [9.17, 15) is 14.9 Å². The molecule has 0 spiro atoms. The largest absolute Gasteiger partial charge is 0.493 e. The lowest BCUT2D eigenvalue weighted by Crippen LogP contribution is -2.37. The average molecular weight is 428 g/mol. The lowest BCUT2D eigenvalue weighted by molar-refractivity contribution is -0.116. The number of carbonyl (C=O) groups is 2. The molecule has 8 heteroatoms. The maximum atomic E-state index is 12.5. The van der Waals surface area contributed by atoms with Crippen LogP contribution >= 0.6 is 11.8 Å². The van der Waals surface area contributed by atoms with Crippen molar-refractivity contribution in [3.63, 3.8) is 0 Å². The number of thioether (sulfide) groups is 1. The Hall–Kier alpha value is -2.92. The molecular formula is C22H25N3O4S. The third kappa shape index (κ3) is 4.97. The first kappa shape index (κ1) is 21.8. The highest BCUT2D eigenvalue weighted by atomic mass is 32.2. The summed E-state index contributed by atoms with van der Waals surface area (Å²) in [5, 5.41) is 12.2. The molecule has 30 heavy (non-hydrogen) atoms. The van der Waals surface area contributed by atoms with Crippen molar-refractivity contribution in [3.8, 4) is 11.8 Å². The van der Waals surface area contributed by atoms with Crippen LogP contribution in [0.15, 0.2) is 40.8 Å². The molecule has 1 aromatic carbocycles. The normalized spacial score (nSPS) is 20.6. The first-order valence-electron chi connectivity index (χ1n) is 9.97.